The Hall–Kier alpha value is -3.90. The first-order valence-electron chi connectivity index (χ1n) is 18.0. The molecule has 3 heterocycles. The maximum absolute atomic E-state index is 11.8. The van der Waals surface area contributed by atoms with Gasteiger partial charge in [-0.3, -0.25) is 14.4 Å². The SMILES string of the molecule is C.CC1=CCN=C1.CS(=O)(=O)c1ccc(C(=O)O)c(Cl)c1CBr.Cc1cnn(Cc2c(S(C)(=O)=O)ccc(C(=O)O)c2Cl)c1.Cc1cnn(Cc2c(S(C)(=O)=O)ccc(C(=O)[O-])c2Cl)c1.[H+].[Na+]. The third-order valence-electron chi connectivity index (χ3n) is 8.59. The second-order valence-electron chi connectivity index (χ2n) is 13.9. The molecule has 0 aliphatic carbocycles. The van der Waals surface area contributed by atoms with Crippen molar-refractivity contribution >= 4 is 104 Å². The molecule has 1 aliphatic rings. The quantitative estimate of drug-likeness (QED) is 0.141. The van der Waals surface area contributed by atoms with Gasteiger partial charge in [-0.25, -0.2) is 34.8 Å². The monoisotopic (exact) mass is 1100 g/mol. The Morgan fingerprint density at radius 2 is 1.03 bits per heavy atom. The van der Waals surface area contributed by atoms with Crippen LogP contribution in [0.2, 0.25) is 15.1 Å². The second kappa shape index (κ2) is 25.5. The van der Waals surface area contributed by atoms with Crippen LogP contribution < -0.4 is 34.7 Å². The number of aliphatic imine (C=N–C) groups is 1. The number of sulfone groups is 3. The summed E-state index contributed by atoms with van der Waals surface area (Å²) in [6, 6.07) is 7.24. The Bertz CT molecular complexity index is 2880. The zero-order chi connectivity index (χ0) is 48.5. The van der Waals surface area contributed by atoms with E-state index in [1.165, 1.54) is 45.3 Å². The number of hydrogen-bond donors (Lipinski definition) is 2. The molecule has 17 nitrogen and oxygen atoms in total. The molecule has 1 aliphatic heterocycles. The van der Waals surface area contributed by atoms with E-state index in [0.717, 1.165) is 42.5 Å². The standard InChI is InChI=1S/2C13H13ClN2O4S.C9H8BrClO4S.C5H7N.CH4.Na/c2*1-8-5-15-16(6-8)7-10-11(21(2,19)20)4-3-9(12(10)14)13(17)18;1-16(14,15)7-3-2-5(9(12)13)8(11)6(7)4-10;1-5-2-3-6-4-5;;/h2*3-6H,7H2,1-2H3,(H,17,18);2-3H,4H2,1H3,(H,12,13);2,4H,3H2,1H3;1H4;/q;;;;;+1. The largest absolute Gasteiger partial charge is 1.00 e. The van der Waals surface area contributed by atoms with Crippen LogP contribution in [-0.4, -0.2) is 104 Å². The van der Waals surface area contributed by atoms with Crippen LogP contribution in [0.5, 0.6) is 0 Å². The van der Waals surface area contributed by atoms with E-state index in [9.17, 15) is 44.7 Å². The number of carbonyl (C=O) groups is 3. The number of aryl methyl sites for hydroxylation is 2. The minimum Gasteiger partial charge on any atom is -0.545 e. The molecule has 0 fully saturated rings. The summed E-state index contributed by atoms with van der Waals surface area (Å²) in [4.78, 5) is 36.9. The van der Waals surface area contributed by atoms with Crippen molar-refractivity contribution in [1.82, 2.24) is 19.6 Å². The number of carboxylic acid groups (broad SMARTS) is 3. The van der Waals surface area contributed by atoms with Crippen molar-refractivity contribution in [3.8, 4) is 0 Å². The molecule has 3 aromatic carbocycles. The predicted molar refractivity (Wildman–Crippen MR) is 252 cm³/mol. The number of halogens is 4. The van der Waals surface area contributed by atoms with Gasteiger partial charge in [-0.1, -0.05) is 70.3 Å². The molecule has 0 bridgehead atoms. The summed E-state index contributed by atoms with van der Waals surface area (Å²) < 4.78 is 73.2. The Labute approximate surface area is 430 Å². The van der Waals surface area contributed by atoms with Gasteiger partial charge in [0.2, 0.25) is 0 Å². The van der Waals surface area contributed by atoms with Gasteiger partial charge in [-0.05, 0) is 67.8 Å². The molecule has 2 aromatic heterocycles. The van der Waals surface area contributed by atoms with Crippen LogP contribution in [0.1, 0.15) is 74.7 Å². The fourth-order valence-corrected chi connectivity index (χ4v) is 10.4. The first-order valence-corrected chi connectivity index (χ1v) is 25.9. The number of benzene rings is 3. The third kappa shape index (κ3) is 16.7. The summed E-state index contributed by atoms with van der Waals surface area (Å²) >= 11 is 21.1. The summed E-state index contributed by atoms with van der Waals surface area (Å²) in [5, 5.41) is 37.0. The smallest absolute Gasteiger partial charge is 0.545 e. The number of aromatic carboxylic acids is 3. The van der Waals surface area contributed by atoms with Crippen molar-refractivity contribution in [1.29, 1.82) is 0 Å². The average Bonchev–Trinajstić information content (AvgIpc) is 3.94. The van der Waals surface area contributed by atoms with Crippen molar-refractivity contribution in [3.63, 3.8) is 0 Å². The molecule has 0 unspecified atom stereocenters. The number of carbonyl (C=O) groups excluding carboxylic acids is 1. The van der Waals surface area contributed by atoms with Crippen molar-refractivity contribution < 1.29 is 85.9 Å². The second-order valence-corrected chi connectivity index (χ2v) is 21.6. The van der Waals surface area contributed by atoms with Gasteiger partial charge in [-0.15, -0.1) is 0 Å². The fourth-order valence-electron chi connectivity index (χ4n) is 5.64. The maximum Gasteiger partial charge on any atom is 1.00 e. The Balaban J connectivity index is 0.000000903. The average molecular weight is 1110 g/mol. The Kier molecular flexibility index (Phi) is 23.2. The molecule has 5 aromatic rings. The molecular formula is C41H45BrCl3N5NaO12S3+. The van der Waals surface area contributed by atoms with Crippen LogP contribution in [0, 0.1) is 13.8 Å². The number of aromatic nitrogens is 4. The molecule has 0 radical (unpaired) electrons. The zero-order valence-corrected chi connectivity index (χ0v) is 44.0. The van der Waals surface area contributed by atoms with Gasteiger partial charge in [0.1, 0.15) is 0 Å². The van der Waals surface area contributed by atoms with E-state index in [-0.39, 0.29) is 120 Å². The Morgan fingerprint density at radius 1 is 0.682 bits per heavy atom. The van der Waals surface area contributed by atoms with E-state index in [4.69, 9.17) is 45.0 Å². The Morgan fingerprint density at radius 3 is 1.29 bits per heavy atom. The van der Waals surface area contributed by atoms with Gasteiger partial charge < -0.3 is 20.1 Å². The van der Waals surface area contributed by atoms with Crippen LogP contribution in [0.4, 0.5) is 0 Å². The molecule has 352 valence electrons. The summed E-state index contributed by atoms with van der Waals surface area (Å²) in [5.41, 5.74) is 3.27. The molecule has 0 atom stereocenters. The number of carboxylic acids is 3. The van der Waals surface area contributed by atoms with Gasteiger partial charge in [0.25, 0.3) is 0 Å². The van der Waals surface area contributed by atoms with Crippen molar-refractivity contribution in [2.45, 2.75) is 61.3 Å². The first-order chi connectivity index (χ1) is 29.6. The van der Waals surface area contributed by atoms with Gasteiger partial charge in [0.05, 0.1) is 78.9 Å². The predicted octanol–water partition coefficient (Wildman–Crippen LogP) is 3.76. The molecule has 6 rings (SSSR count). The normalized spacial score (nSPS) is 11.8. The molecule has 0 saturated heterocycles. The number of rotatable bonds is 11. The fraction of sp³-hybridized carbons (Fsp3) is 0.268. The van der Waals surface area contributed by atoms with E-state index in [2.05, 4.69) is 44.1 Å². The van der Waals surface area contributed by atoms with Crippen LogP contribution in [0.25, 0.3) is 0 Å². The molecule has 0 saturated carbocycles. The summed E-state index contributed by atoms with van der Waals surface area (Å²) in [6.07, 6.45) is 13.8. The van der Waals surface area contributed by atoms with Gasteiger partial charge >= 0.3 is 42.9 Å². The number of hydrogen-bond acceptors (Lipinski definition) is 13. The maximum atomic E-state index is 11.8. The zero-order valence-electron chi connectivity index (χ0n) is 36.7. The van der Waals surface area contributed by atoms with Gasteiger partial charge in [-0.2, -0.15) is 10.2 Å². The third-order valence-corrected chi connectivity index (χ3v) is 14.0. The molecule has 0 amide bonds. The van der Waals surface area contributed by atoms with Crippen LogP contribution in [0.3, 0.4) is 0 Å². The van der Waals surface area contributed by atoms with E-state index < -0.39 is 47.4 Å². The molecule has 25 heteroatoms. The van der Waals surface area contributed by atoms with Gasteiger partial charge in [0, 0.05) is 65.0 Å². The minimum absolute atomic E-state index is 0. The number of nitrogens with zero attached hydrogens (tertiary/aromatic N) is 5. The minimum atomic E-state index is -3.55. The first kappa shape index (κ1) is 60.1. The molecular weight excluding hydrogens is 1060 g/mol. The van der Waals surface area contributed by atoms with Crippen LogP contribution in [0.15, 0.2) is 92.5 Å². The van der Waals surface area contributed by atoms with E-state index >= 15 is 0 Å². The molecule has 2 N–H and O–H groups in total. The number of alkyl halides is 1. The summed E-state index contributed by atoms with van der Waals surface area (Å²) in [7, 11) is -10.5. The summed E-state index contributed by atoms with van der Waals surface area (Å²) in [5.74, 6) is -3.86. The van der Waals surface area contributed by atoms with Gasteiger partial charge in [0.15, 0.2) is 29.5 Å². The van der Waals surface area contributed by atoms with Crippen molar-refractivity contribution in [2.24, 2.45) is 4.99 Å². The number of allylic oxidation sites excluding steroid dienone is 1. The molecule has 66 heavy (non-hydrogen) atoms. The van der Waals surface area contributed by atoms with E-state index in [1.807, 2.05) is 20.1 Å². The topological polar surface area (TPSA) is 265 Å². The molecule has 0 spiro atoms. The van der Waals surface area contributed by atoms with Crippen LogP contribution >= 0.6 is 50.7 Å². The van der Waals surface area contributed by atoms with E-state index in [0.29, 0.717) is 0 Å². The van der Waals surface area contributed by atoms with E-state index in [1.54, 1.807) is 24.8 Å². The van der Waals surface area contributed by atoms with Crippen molar-refractivity contribution in [2.75, 3.05) is 25.3 Å². The van der Waals surface area contributed by atoms with Crippen molar-refractivity contribution in [3.05, 3.63) is 132 Å². The van der Waals surface area contributed by atoms with Crippen LogP contribution in [-0.2, 0) is 47.9 Å². The summed E-state index contributed by atoms with van der Waals surface area (Å²) in [6.45, 7) is 6.76.